The molecule has 2 aliphatic heterocycles. The molecule has 1 aromatic rings. The molecule has 2 unspecified atom stereocenters. The maximum Gasteiger partial charge on any atom is 0.324 e. The lowest BCUT2D eigenvalue weighted by atomic mass is 9.98. The lowest BCUT2D eigenvalue weighted by Crippen LogP contribution is -2.37. The Kier molecular flexibility index (Phi) is 3.23. The number of carbonyl (C=O) groups is 2. The van der Waals surface area contributed by atoms with Crippen LogP contribution in [0.3, 0.4) is 0 Å². The molecule has 2 aliphatic rings. The van der Waals surface area contributed by atoms with E-state index in [1.165, 1.54) is 4.90 Å². The van der Waals surface area contributed by atoms with E-state index in [9.17, 15) is 9.59 Å². The van der Waals surface area contributed by atoms with Gasteiger partial charge < -0.3 is 9.88 Å². The molecule has 0 bridgehead atoms. The van der Waals surface area contributed by atoms with Gasteiger partial charge in [0.15, 0.2) is 0 Å². The summed E-state index contributed by atoms with van der Waals surface area (Å²) >= 11 is 0. The topological polar surface area (TPSA) is 67.2 Å². The second-order valence-corrected chi connectivity index (χ2v) is 5.94. The summed E-state index contributed by atoms with van der Waals surface area (Å²) in [5.74, 6) is 1.16. The molecule has 3 rings (SSSR count). The summed E-state index contributed by atoms with van der Waals surface area (Å²) in [4.78, 5) is 30.0. The zero-order chi connectivity index (χ0) is 14.3. The minimum absolute atomic E-state index is 0.103. The third-order valence-electron chi connectivity index (χ3n) is 4.19. The highest BCUT2D eigenvalue weighted by Crippen LogP contribution is 2.28. The summed E-state index contributed by atoms with van der Waals surface area (Å²) < 4.78 is 2.12. The zero-order valence-electron chi connectivity index (χ0n) is 11.9. The van der Waals surface area contributed by atoms with Crippen molar-refractivity contribution in [2.45, 2.75) is 45.2 Å². The summed E-state index contributed by atoms with van der Waals surface area (Å²) in [5, 5.41) is 2.77. The van der Waals surface area contributed by atoms with Crippen molar-refractivity contribution in [1.29, 1.82) is 0 Å². The Morgan fingerprint density at radius 1 is 1.45 bits per heavy atom. The van der Waals surface area contributed by atoms with Gasteiger partial charge in [-0.25, -0.2) is 9.78 Å². The van der Waals surface area contributed by atoms with Gasteiger partial charge in [0.05, 0.1) is 0 Å². The number of hydrogen-bond acceptors (Lipinski definition) is 3. The molecule has 3 heterocycles. The lowest BCUT2D eigenvalue weighted by molar-refractivity contribution is -0.128. The van der Waals surface area contributed by atoms with Gasteiger partial charge in [-0.3, -0.25) is 9.69 Å². The lowest BCUT2D eigenvalue weighted by Gasteiger charge is -2.26. The number of imidazole rings is 1. The van der Waals surface area contributed by atoms with Crippen LogP contribution >= 0.6 is 0 Å². The summed E-state index contributed by atoms with van der Waals surface area (Å²) in [7, 11) is 0. The number of rotatable bonds is 3. The fraction of sp³-hybridized carbons (Fsp3) is 0.643. The van der Waals surface area contributed by atoms with Crippen LogP contribution in [0, 0.1) is 5.92 Å². The maximum absolute atomic E-state index is 12.3. The average molecular weight is 276 g/mol. The molecule has 3 amide bonds. The van der Waals surface area contributed by atoms with Crippen molar-refractivity contribution in [3.8, 4) is 0 Å². The van der Waals surface area contributed by atoms with Gasteiger partial charge >= 0.3 is 6.03 Å². The van der Waals surface area contributed by atoms with E-state index in [1.807, 2.05) is 20.0 Å². The Labute approximate surface area is 118 Å². The molecule has 0 saturated carbocycles. The van der Waals surface area contributed by atoms with E-state index in [2.05, 4.69) is 14.9 Å². The van der Waals surface area contributed by atoms with Crippen LogP contribution in [0.15, 0.2) is 12.4 Å². The van der Waals surface area contributed by atoms with Crippen molar-refractivity contribution in [3.05, 3.63) is 18.2 Å². The average Bonchev–Trinajstić information content (AvgIpc) is 2.98. The predicted molar refractivity (Wildman–Crippen MR) is 73.1 cm³/mol. The third kappa shape index (κ3) is 2.09. The van der Waals surface area contributed by atoms with E-state index in [4.69, 9.17) is 0 Å². The monoisotopic (exact) mass is 276 g/mol. The molecule has 0 aromatic carbocycles. The Hall–Kier alpha value is -1.85. The second kappa shape index (κ2) is 4.92. The van der Waals surface area contributed by atoms with Crippen LogP contribution in [-0.2, 0) is 11.3 Å². The molecule has 0 radical (unpaired) electrons. The van der Waals surface area contributed by atoms with Gasteiger partial charge in [-0.05, 0) is 18.8 Å². The number of hydrogen-bond donors (Lipinski definition) is 1. The SMILES string of the molecule is CC(C)C1NC(=O)N(CC2CCCn3ccnc32)C1=O. The minimum Gasteiger partial charge on any atom is -0.335 e. The maximum atomic E-state index is 12.3. The molecule has 1 N–H and O–H groups in total. The van der Waals surface area contributed by atoms with Gasteiger partial charge in [-0.15, -0.1) is 0 Å². The fourth-order valence-electron chi connectivity index (χ4n) is 3.07. The molecule has 1 saturated heterocycles. The number of amides is 3. The smallest absolute Gasteiger partial charge is 0.324 e. The van der Waals surface area contributed by atoms with Gasteiger partial charge in [0.25, 0.3) is 5.91 Å². The van der Waals surface area contributed by atoms with Crippen molar-refractivity contribution < 1.29 is 9.59 Å². The van der Waals surface area contributed by atoms with Crippen LogP contribution in [0.1, 0.15) is 38.4 Å². The number of imide groups is 1. The van der Waals surface area contributed by atoms with Crippen LogP contribution in [0.2, 0.25) is 0 Å². The first kappa shape index (κ1) is 13.1. The normalized spacial score (nSPS) is 26.1. The number of nitrogens with one attached hydrogen (secondary N) is 1. The minimum atomic E-state index is -0.383. The summed E-state index contributed by atoms with van der Waals surface area (Å²) in [6.07, 6.45) is 5.78. The highest BCUT2D eigenvalue weighted by Gasteiger charge is 2.41. The van der Waals surface area contributed by atoms with Crippen molar-refractivity contribution >= 4 is 11.9 Å². The molecule has 1 fully saturated rings. The van der Waals surface area contributed by atoms with E-state index < -0.39 is 0 Å². The molecule has 2 atom stereocenters. The molecule has 6 heteroatoms. The van der Waals surface area contributed by atoms with Gasteiger partial charge in [-0.2, -0.15) is 0 Å². The van der Waals surface area contributed by atoms with Crippen molar-refractivity contribution in [1.82, 2.24) is 19.8 Å². The predicted octanol–water partition coefficient (Wildman–Crippen LogP) is 1.34. The number of carbonyl (C=O) groups excluding carboxylic acids is 2. The van der Waals surface area contributed by atoms with Crippen molar-refractivity contribution in [2.24, 2.45) is 5.92 Å². The number of nitrogens with zero attached hydrogens (tertiary/aromatic N) is 3. The number of aromatic nitrogens is 2. The van der Waals surface area contributed by atoms with E-state index in [0.29, 0.717) is 6.54 Å². The molecule has 20 heavy (non-hydrogen) atoms. The number of urea groups is 1. The third-order valence-corrected chi connectivity index (χ3v) is 4.19. The molecule has 0 spiro atoms. The Morgan fingerprint density at radius 2 is 2.25 bits per heavy atom. The molecule has 108 valence electrons. The second-order valence-electron chi connectivity index (χ2n) is 5.94. The van der Waals surface area contributed by atoms with Crippen LogP contribution in [0.25, 0.3) is 0 Å². The van der Waals surface area contributed by atoms with Crippen LogP contribution < -0.4 is 5.32 Å². The highest BCUT2D eigenvalue weighted by molar-refractivity contribution is 6.04. The van der Waals surface area contributed by atoms with Crippen molar-refractivity contribution in [3.63, 3.8) is 0 Å². The first-order valence-corrected chi connectivity index (χ1v) is 7.21. The van der Waals surface area contributed by atoms with Crippen LogP contribution in [-0.4, -0.2) is 39.0 Å². The Morgan fingerprint density at radius 3 is 2.95 bits per heavy atom. The Bertz CT molecular complexity index is 537. The van der Waals surface area contributed by atoms with Gasteiger partial charge in [-0.1, -0.05) is 13.8 Å². The molecular weight excluding hydrogens is 256 g/mol. The number of fused-ring (bicyclic) bond motifs is 1. The quantitative estimate of drug-likeness (QED) is 0.847. The van der Waals surface area contributed by atoms with E-state index in [1.54, 1.807) is 6.20 Å². The standard InChI is InChI=1S/C14H20N4O2/c1-9(2)11-13(19)18(14(20)16-11)8-10-4-3-6-17-7-5-15-12(10)17/h5,7,9-11H,3-4,6,8H2,1-2H3,(H,16,20). The summed E-state index contributed by atoms with van der Waals surface area (Å²) in [5.41, 5.74) is 0. The summed E-state index contributed by atoms with van der Waals surface area (Å²) in [6.45, 7) is 5.30. The van der Waals surface area contributed by atoms with Gasteiger partial charge in [0.2, 0.25) is 0 Å². The Balaban J connectivity index is 1.76. The molecular formula is C14H20N4O2. The van der Waals surface area contributed by atoms with Gasteiger partial charge in [0, 0.05) is 31.4 Å². The van der Waals surface area contributed by atoms with Crippen LogP contribution in [0.5, 0.6) is 0 Å². The highest BCUT2D eigenvalue weighted by atomic mass is 16.2. The first-order chi connectivity index (χ1) is 9.58. The zero-order valence-corrected chi connectivity index (χ0v) is 11.9. The first-order valence-electron chi connectivity index (χ1n) is 7.21. The molecule has 1 aromatic heterocycles. The fourth-order valence-corrected chi connectivity index (χ4v) is 3.07. The van der Waals surface area contributed by atoms with Crippen molar-refractivity contribution in [2.75, 3.05) is 6.54 Å². The van der Waals surface area contributed by atoms with E-state index >= 15 is 0 Å². The molecule has 6 nitrogen and oxygen atoms in total. The largest absolute Gasteiger partial charge is 0.335 e. The number of aryl methyl sites for hydroxylation is 1. The van der Waals surface area contributed by atoms with E-state index in [-0.39, 0.29) is 29.8 Å². The summed E-state index contributed by atoms with van der Waals surface area (Å²) in [6, 6.07) is -0.650. The van der Waals surface area contributed by atoms with Gasteiger partial charge in [0.1, 0.15) is 11.9 Å². The van der Waals surface area contributed by atoms with Crippen LogP contribution in [0.4, 0.5) is 4.79 Å². The molecule has 0 aliphatic carbocycles. The van der Waals surface area contributed by atoms with E-state index in [0.717, 1.165) is 25.2 Å².